The van der Waals surface area contributed by atoms with Gasteiger partial charge in [0.25, 0.3) is 0 Å². The van der Waals surface area contributed by atoms with Crippen LogP contribution in [0.1, 0.15) is 19.3 Å². The number of likely N-dealkylation sites (tertiary alicyclic amines) is 1. The van der Waals surface area contributed by atoms with Gasteiger partial charge in [0.15, 0.2) is 0 Å². The molecule has 0 radical (unpaired) electrons. The van der Waals surface area contributed by atoms with Crippen molar-refractivity contribution in [1.82, 2.24) is 10.2 Å². The molecule has 2 aromatic rings. The molecule has 6 nitrogen and oxygen atoms in total. The lowest BCUT2D eigenvalue weighted by atomic mass is 9.94. The molecule has 1 amide bonds. The Bertz CT molecular complexity index is 916. The molecule has 0 aliphatic carbocycles. The van der Waals surface area contributed by atoms with E-state index in [0.717, 1.165) is 49.4 Å². The summed E-state index contributed by atoms with van der Waals surface area (Å²) in [6.45, 7) is 2.57. The lowest BCUT2D eigenvalue weighted by Crippen LogP contribution is -2.41. The second kappa shape index (κ2) is 8.92. The van der Waals surface area contributed by atoms with Gasteiger partial charge in [0.1, 0.15) is 6.54 Å². The van der Waals surface area contributed by atoms with E-state index in [1.807, 2.05) is 36.4 Å². The first-order chi connectivity index (χ1) is 13.3. The second-order valence-corrected chi connectivity index (χ2v) is 9.56. The molecule has 1 aliphatic heterocycles. The number of nitrogens with zero attached hydrogens (tertiary/aromatic N) is 2. The van der Waals surface area contributed by atoms with E-state index in [0.29, 0.717) is 18.2 Å². The molecule has 0 atom stereocenters. The normalized spacial score (nSPS) is 16.2. The first-order valence-electron chi connectivity index (χ1n) is 9.75. The van der Waals surface area contributed by atoms with Crippen molar-refractivity contribution in [3.05, 3.63) is 42.5 Å². The Morgan fingerprint density at radius 2 is 1.82 bits per heavy atom. The number of hydrogen-bond acceptors (Lipinski definition) is 4. The Labute approximate surface area is 167 Å². The number of benzene rings is 2. The van der Waals surface area contributed by atoms with Gasteiger partial charge < -0.3 is 10.2 Å². The predicted octanol–water partition coefficient (Wildman–Crippen LogP) is 2.45. The van der Waals surface area contributed by atoms with E-state index in [1.54, 1.807) is 6.07 Å². The smallest absolute Gasteiger partial charge is 0.240 e. The minimum absolute atomic E-state index is 0.208. The number of nitrogens with one attached hydrogen (secondary N) is 1. The lowest BCUT2D eigenvalue weighted by Gasteiger charge is -2.29. The molecule has 1 N–H and O–H groups in total. The van der Waals surface area contributed by atoms with E-state index in [9.17, 15) is 13.2 Å². The largest absolute Gasteiger partial charge is 0.355 e. The molecule has 1 aliphatic rings. The van der Waals surface area contributed by atoms with Crippen LogP contribution in [0, 0.1) is 5.92 Å². The number of fused-ring (bicyclic) bond motifs is 1. The van der Waals surface area contributed by atoms with Crippen LogP contribution in [-0.4, -0.2) is 58.7 Å². The van der Waals surface area contributed by atoms with Crippen LogP contribution >= 0.6 is 0 Å². The molecular weight excluding hydrogens is 374 g/mol. The highest BCUT2D eigenvalue weighted by atomic mass is 32.2. The molecule has 1 heterocycles. The summed E-state index contributed by atoms with van der Waals surface area (Å²) in [4.78, 5) is 14.8. The molecule has 28 heavy (non-hydrogen) atoms. The Balaban J connectivity index is 1.65. The van der Waals surface area contributed by atoms with Gasteiger partial charge in [0.05, 0.1) is 11.9 Å². The molecule has 152 valence electrons. The second-order valence-electron chi connectivity index (χ2n) is 7.65. The molecule has 7 heteroatoms. The highest BCUT2D eigenvalue weighted by Crippen LogP contribution is 2.28. The summed E-state index contributed by atoms with van der Waals surface area (Å²) in [6, 6.07) is 13.1. The number of hydrogen-bond donors (Lipinski definition) is 1. The fourth-order valence-electron chi connectivity index (χ4n) is 3.76. The summed E-state index contributed by atoms with van der Waals surface area (Å²) in [5.74, 6) is 0.354. The van der Waals surface area contributed by atoms with Crippen molar-refractivity contribution in [3.63, 3.8) is 0 Å². The zero-order valence-electron chi connectivity index (χ0n) is 16.6. The van der Waals surface area contributed by atoms with Crippen molar-refractivity contribution in [1.29, 1.82) is 0 Å². The fourth-order valence-corrected chi connectivity index (χ4v) is 4.63. The summed E-state index contributed by atoms with van der Waals surface area (Å²) in [6.07, 6.45) is 4.38. The molecule has 0 unspecified atom stereocenters. The zero-order chi connectivity index (χ0) is 20.1. The molecule has 1 fully saturated rings. The average Bonchev–Trinajstić information content (AvgIpc) is 2.66. The molecule has 3 rings (SSSR count). The van der Waals surface area contributed by atoms with Crippen molar-refractivity contribution >= 4 is 32.4 Å². The first kappa shape index (κ1) is 20.6. The molecule has 2 aromatic carbocycles. The molecular formula is C21H29N3O3S. The van der Waals surface area contributed by atoms with Gasteiger partial charge in [-0.3, -0.25) is 9.10 Å². The van der Waals surface area contributed by atoms with Gasteiger partial charge in [-0.2, -0.15) is 0 Å². The van der Waals surface area contributed by atoms with E-state index < -0.39 is 10.0 Å². The fraction of sp³-hybridized carbons (Fsp3) is 0.476. The molecule has 0 saturated carbocycles. The van der Waals surface area contributed by atoms with Crippen molar-refractivity contribution < 1.29 is 13.2 Å². The number of amides is 1. The summed E-state index contributed by atoms with van der Waals surface area (Å²) < 4.78 is 26.0. The Morgan fingerprint density at radius 1 is 1.14 bits per heavy atom. The van der Waals surface area contributed by atoms with Crippen molar-refractivity contribution in [2.75, 3.05) is 43.8 Å². The Morgan fingerprint density at radius 3 is 2.54 bits per heavy atom. The summed E-state index contributed by atoms with van der Waals surface area (Å²) >= 11 is 0. The maximum Gasteiger partial charge on any atom is 0.240 e. The van der Waals surface area contributed by atoms with Gasteiger partial charge in [-0.1, -0.05) is 36.4 Å². The number of carbonyl (C=O) groups excluding carboxylic acids is 1. The Kier molecular flexibility index (Phi) is 6.57. The standard InChI is InChI=1S/C21H29N3O3S/c1-23-14-11-17(12-15-23)10-13-22-21(25)16-24(28(2,26)27)20-9-5-7-18-6-3-4-8-19(18)20/h3-9,17H,10-16H2,1-2H3,(H,22,25). The van der Waals surface area contributed by atoms with E-state index in [-0.39, 0.29) is 12.5 Å². The van der Waals surface area contributed by atoms with Gasteiger partial charge in [-0.15, -0.1) is 0 Å². The summed E-state index contributed by atoms with van der Waals surface area (Å²) in [5.41, 5.74) is 0.533. The Hall–Kier alpha value is -2.12. The average molecular weight is 404 g/mol. The van der Waals surface area contributed by atoms with E-state index >= 15 is 0 Å². The minimum atomic E-state index is -3.59. The van der Waals surface area contributed by atoms with Crippen molar-refractivity contribution in [2.45, 2.75) is 19.3 Å². The van der Waals surface area contributed by atoms with Crippen LogP contribution in [0.2, 0.25) is 0 Å². The highest BCUT2D eigenvalue weighted by Gasteiger charge is 2.23. The van der Waals surface area contributed by atoms with E-state index in [1.165, 1.54) is 4.31 Å². The number of sulfonamides is 1. The zero-order valence-corrected chi connectivity index (χ0v) is 17.4. The van der Waals surface area contributed by atoms with Gasteiger partial charge in [-0.25, -0.2) is 8.42 Å². The van der Waals surface area contributed by atoms with E-state index in [4.69, 9.17) is 0 Å². The van der Waals surface area contributed by atoms with Gasteiger partial charge in [-0.05, 0) is 56.8 Å². The van der Waals surface area contributed by atoms with Crippen LogP contribution in [0.25, 0.3) is 10.8 Å². The van der Waals surface area contributed by atoms with Gasteiger partial charge in [0, 0.05) is 11.9 Å². The van der Waals surface area contributed by atoms with Crippen LogP contribution < -0.4 is 9.62 Å². The summed E-state index contributed by atoms with van der Waals surface area (Å²) in [7, 11) is -1.46. The van der Waals surface area contributed by atoms with Crippen molar-refractivity contribution in [2.24, 2.45) is 5.92 Å². The predicted molar refractivity (Wildman–Crippen MR) is 114 cm³/mol. The van der Waals surface area contributed by atoms with Crippen LogP contribution in [0.4, 0.5) is 5.69 Å². The van der Waals surface area contributed by atoms with Crippen LogP contribution in [-0.2, 0) is 14.8 Å². The molecule has 0 aromatic heterocycles. The topological polar surface area (TPSA) is 69.7 Å². The van der Waals surface area contributed by atoms with Crippen LogP contribution in [0.3, 0.4) is 0 Å². The molecule has 0 bridgehead atoms. The quantitative estimate of drug-likeness (QED) is 0.771. The molecule has 1 saturated heterocycles. The summed E-state index contributed by atoms with van der Waals surface area (Å²) in [5, 5.41) is 4.66. The third-order valence-electron chi connectivity index (χ3n) is 5.44. The SMILES string of the molecule is CN1CCC(CCNC(=O)CN(c2cccc3ccccc23)S(C)(=O)=O)CC1. The molecule has 0 spiro atoms. The third-order valence-corrected chi connectivity index (χ3v) is 6.56. The monoisotopic (exact) mass is 403 g/mol. The van der Waals surface area contributed by atoms with Crippen LogP contribution in [0.5, 0.6) is 0 Å². The van der Waals surface area contributed by atoms with Crippen molar-refractivity contribution in [3.8, 4) is 0 Å². The number of carbonyl (C=O) groups is 1. The number of anilines is 1. The maximum absolute atomic E-state index is 12.5. The first-order valence-corrected chi connectivity index (χ1v) is 11.6. The maximum atomic E-state index is 12.5. The number of piperidine rings is 1. The van der Waals surface area contributed by atoms with Gasteiger partial charge in [0.2, 0.25) is 15.9 Å². The minimum Gasteiger partial charge on any atom is -0.355 e. The third kappa shape index (κ3) is 5.23. The highest BCUT2D eigenvalue weighted by molar-refractivity contribution is 7.92. The van der Waals surface area contributed by atoms with Gasteiger partial charge >= 0.3 is 0 Å². The number of rotatable bonds is 7. The van der Waals surface area contributed by atoms with E-state index in [2.05, 4.69) is 17.3 Å². The van der Waals surface area contributed by atoms with Crippen LogP contribution in [0.15, 0.2) is 42.5 Å². The lowest BCUT2D eigenvalue weighted by molar-refractivity contribution is -0.119.